The molecule has 0 bridgehead atoms. The molecule has 1 fully saturated rings. The van der Waals surface area contributed by atoms with E-state index >= 15 is 0 Å². The van der Waals surface area contributed by atoms with Crippen molar-refractivity contribution >= 4 is 0 Å². The lowest BCUT2D eigenvalue weighted by Gasteiger charge is -2.46. The smallest absolute Gasteiger partial charge is 0.0502 e. The van der Waals surface area contributed by atoms with E-state index in [1.807, 2.05) is 0 Å². The summed E-state index contributed by atoms with van der Waals surface area (Å²) in [5, 5.41) is 0. The molecule has 1 heterocycles. The van der Waals surface area contributed by atoms with Crippen LogP contribution in [0.3, 0.4) is 0 Å². The molecule has 1 saturated heterocycles. The van der Waals surface area contributed by atoms with Crippen molar-refractivity contribution in [2.75, 3.05) is 13.2 Å². The first-order valence-electron chi connectivity index (χ1n) is 5.80. The predicted octanol–water partition coefficient (Wildman–Crippen LogP) is 3.73. The highest BCUT2D eigenvalue weighted by molar-refractivity contribution is 4.88. The largest absolute Gasteiger partial charge is 0.381 e. The minimum atomic E-state index is 0.373. The van der Waals surface area contributed by atoms with Gasteiger partial charge in [-0.15, -0.1) is 0 Å². The van der Waals surface area contributed by atoms with Gasteiger partial charge in [0.2, 0.25) is 0 Å². The second-order valence-electron chi connectivity index (χ2n) is 6.81. The summed E-state index contributed by atoms with van der Waals surface area (Å²) in [7, 11) is 0. The van der Waals surface area contributed by atoms with Crippen LogP contribution in [0.1, 0.15) is 48.0 Å². The summed E-state index contributed by atoms with van der Waals surface area (Å²) in [6, 6.07) is 0. The zero-order chi connectivity index (χ0) is 11.0. The van der Waals surface area contributed by atoms with Crippen molar-refractivity contribution in [2.24, 2.45) is 22.7 Å². The highest BCUT2D eigenvalue weighted by Gasteiger charge is 2.40. The fourth-order valence-electron chi connectivity index (χ4n) is 2.63. The van der Waals surface area contributed by atoms with E-state index in [2.05, 4.69) is 41.5 Å². The van der Waals surface area contributed by atoms with Crippen LogP contribution in [-0.2, 0) is 4.74 Å². The Morgan fingerprint density at radius 2 is 1.36 bits per heavy atom. The third-order valence-electron chi connectivity index (χ3n) is 3.58. The first-order valence-corrected chi connectivity index (χ1v) is 5.80. The van der Waals surface area contributed by atoms with Crippen LogP contribution in [0.5, 0.6) is 0 Å². The van der Waals surface area contributed by atoms with Crippen LogP contribution in [0.15, 0.2) is 0 Å². The number of rotatable bonds is 0. The molecular formula is C13H26O. The fraction of sp³-hybridized carbons (Fsp3) is 1.00. The van der Waals surface area contributed by atoms with Gasteiger partial charge < -0.3 is 4.74 Å². The van der Waals surface area contributed by atoms with Crippen molar-refractivity contribution in [3.63, 3.8) is 0 Å². The van der Waals surface area contributed by atoms with E-state index in [1.54, 1.807) is 0 Å². The molecule has 0 radical (unpaired) electrons. The Morgan fingerprint density at radius 1 is 0.857 bits per heavy atom. The van der Waals surface area contributed by atoms with E-state index in [-0.39, 0.29) is 0 Å². The maximum Gasteiger partial charge on any atom is 0.0502 e. The Balaban J connectivity index is 2.80. The molecule has 1 aliphatic heterocycles. The lowest BCUT2D eigenvalue weighted by molar-refractivity contribution is -0.0656. The zero-order valence-corrected chi connectivity index (χ0v) is 10.7. The second-order valence-corrected chi connectivity index (χ2v) is 6.81. The number of hydrogen-bond acceptors (Lipinski definition) is 1. The summed E-state index contributed by atoms with van der Waals surface area (Å²) in [4.78, 5) is 0. The quantitative estimate of drug-likeness (QED) is 0.576. The van der Waals surface area contributed by atoms with Gasteiger partial charge in [0.05, 0.1) is 6.61 Å². The Bertz CT molecular complexity index is 160. The summed E-state index contributed by atoms with van der Waals surface area (Å²) >= 11 is 0. The number of hydrogen-bond donors (Lipinski definition) is 0. The lowest BCUT2D eigenvalue weighted by atomic mass is 9.63. The highest BCUT2D eigenvalue weighted by atomic mass is 16.5. The minimum absolute atomic E-state index is 0.373. The molecule has 1 heteroatoms. The van der Waals surface area contributed by atoms with E-state index in [4.69, 9.17) is 4.74 Å². The van der Waals surface area contributed by atoms with Gasteiger partial charge in [-0.3, -0.25) is 0 Å². The van der Waals surface area contributed by atoms with Crippen molar-refractivity contribution < 1.29 is 4.74 Å². The summed E-state index contributed by atoms with van der Waals surface area (Å²) < 4.78 is 5.63. The van der Waals surface area contributed by atoms with Gasteiger partial charge in [0.25, 0.3) is 0 Å². The van der Waals surface area contributed by atoms with Gasteiger partial charge in [0.1, 0.15) is 0 Å². The van der Waals surface area contributed by atoms with Gasteiger partial charge in [-0.1, -0.05) is 41.5 Å². The Kier molecular flexibility index (Phi) is 3.30. The van der Waals surface area contributed by atoms with Gasteiger partial charge in [-0.2, -0.15) is 0 Å². The molecule has 0 N–H and O–H groups in total. The number of ether oxygens (including phenoxy) is 1. The zero-order valence-electron chi connectivity index (χ0n) is 10.7. The normalized spacial score (nSPS) is 30.4. The molecule has 0 aromatic rings. The Labute approximate surface area is 89.2 Å². The first kappa shape index (κ1) is 12.0. The third-order valence-corrected chi connectivity index (χ3v) is 3.58. The van der Waals surface area contributed by atoms with Gasteiger partial charge in [-0.25, -0.2) is 0 Å². The molecule has 2 atom stereocenters. The SMILES string of the molecule is CC(C)(C)C1CCOCC1C(C)(C)C. The summed E-state index contributed by atoms with van der Waals surface area (Å²) in [6.07, 6.45) is 1.23. The van der Waals surface area contributed by atoms with Crippen LogP contribution in [0.2, 0.25) is 0 Å². The van der Waals surface area contributed by atoms with Crippen LogP contribution in [0.25, 0.3) is 0 Å². The summed E-state index contributed by atoms with van der Waals surface area (Å²) in [6.45, 7) is 16.0. The third kappa shape index (κ3) is 2.73. The molecule has 1 aliphatic rings. The minimum Gasteiger partial charge on any atom is -0.381 e. The standard InChI is InChI=1S/C13H26O/c1-12(2,3)10-7-8-14-9-11(10)13(4,5)6/h10-11H,7-9H2,1-6H3. The van der Waals surface area contributed by atoms with Gasteiger partial charge in [-0.05, 0) is 29.1 Å². The van der Waals surface area contributed by atoms with Crippen molar-refractivity contribution in [1.82, 2.24) is 0 Å². The monoisotopic (exact) mass is 198 g/mol. The molecule has 2 unspecified atom stereocenters. The van der Waals surface area contributed by atoms with E-state index < -0.39 is 0 Å². The lowest BCUT2D eigenvalue weighted by Crippen LogP contribution is -2.42. The molecule has 0 aromatic carbocycles. The van der Waals surface area contributed by atoms with Gasteiger partial charge in [0, 0.05) is 6.61 Å². The van der Waals surface area contributed by atoms with E-state index in [0.717, 1.165) is 19.1 Å². The summed E-state index contributed by atoms with van der Waals surface area (Å²) in [5.74, 6) is 1.51. The van der Waals surface area contributed by atoms with Gasteiger partial charge in [0.15, 0.2) is 0 Å². The molecule has 0 amide bonds. The molecular weight excluding hydrogens is 172 g/mol. The first-order chi connectivity index (χ1) is 6.23. The van der Waals surface area contributed by atoms with Gasteiger partial charge >= 0.3 is 0 Å². The fourth-order valence-corrected chi connectivity index (χ4v) is 2.63. The average Bonchev–Trinajstić information content (AvgIpc) is 2.01. The van der Waals surface area contributed by atoms with Crippen LogP contribution >= 0.6 is 0 Å². The Hall–Kier alpha value is -0.0400. The molecule has 0 spiro atoms. The van der Waals surface area contributed by atoms with Crippen LogP contribution in [-0.4, -0.2) is 13.2 Å². The molecule has 1 rings (SSSR count). The van der Waals surface area contributed by atoms with Crippen LogP contribution in [0, 0.1) is 22.7 Å². The topological polar surface area (TPSA) is 9.23 Å². The second kappa shape index (κ2) is 3.84. The van der Waals surface area contributed by atoms with Crippen molar-refractivity contribution in [3.8, 4) is 0 Å². The molecule has 84 valence electrons. The maximum absolute atomic E-state index is 5.63. The predicted molar refractivity (Wildman–Crippen MR) is 61.3 cm³/mol. The molecule has 0 aliphatic carbocycles. The van der Waals surface area contributed by atoms with Crippen molar-refractivity contribution in [1.29, 1.82) is 0 Å². The van der Waals surface area contributed by atoms with E-state index in [9.17, 15) is 0 Å². The van der Waals surface area contributed by atoms with Crippen LogP contribution < -0.4 is 0 Å². The molecule has 1 nitrogen and oxygen atoms in total. The molecule has 0 saturated carbocycles. The molecule has 14 heavy (non-hydrogen) atoms. The Morgan fingerprint density at radius 3 is 1.71 bits per heavy atom. The van der Waals surface area contributed by atoms with E-state index in [1.165, 1.54) is 6.42 Å². The highest BCUT2D eigenvalue weighted by Crippen LogP contribution is 2.45. The van der Waals surface area contributed by atoms with Crippen LogP contribution in [0.4, 0.5) is 0 Å². The average molecular weight is 198 g/mol. The maximum atomic E-state index is 5.63. The van der Waals surface area contributed by atoms with Crippen molar-refractivity contribution in [2.45, 2.75) is 48.0 Å². The van der Waals surface area contributed by atoms with E-state index in [0.29, 0.717) is 16.7 Å². The summed E-state index contributed by atoms with van der Waals surface area (Å²) in [5.41, 5.74) is 0.792. The molecule has 0 aromatic heterocycles. The van der Waals surface area contributed by atoms with Crippen molar-refractivity contribution in [3.05, 3.63) is 0 Å².